The second kappa shape index (κ2) is 5.79. The molecule has 2 heterocycles. The summed E-state index contributed by atoms with van der Waals surface area (Å²) in [6.45, 7) is 4.17. The fraction of sp³-hybridized carbons (Fsp3) is 0.235. The van der Waals surface area contributed by atoms with Gasteiger partial charge in [0.05, 0.1) is 11.2 Å². The van der Waals surface area contributed by atoms with E-state index in [0.717, 1.165) is 27.9 Å². The van der Waals surface area contributed by atoms with Crippen LogP contribution in [0.25, 0.3) is 22.0 Å². The summed E-state index contributed by atoms with van der Waals surface area (Å²) < 4.78 is 15.7. The van der Waals surface area contributed by atoms with E-state index in [1.54, 1.807) is 16.9 Å². The summed E-state index contributed by atoms with van der Waals surface area (Å²) in [6, 6.07) is 6.55. The average Bonchev–Trinajstić information content (AvgIpc) is 2.78. The molecule has 0 bridgehead atoms. The summed E-state index contributed by atoms with van der Waals surface area (Å²) in [5.74, 6) is -0.693. The molecule has 0 radical (unpaired) electrons. The van der Waals surface area contributed by atoms with Gasteiger partial charge in [0.2, 0.25) is 5.91 Å². The molecule has 0 spiro atoms. The van der Waals surface area contributed by atoms with E-state index in [1.807, 2.05) is 19.9 Å². The highest BCUT2D eigenvalue weighted by atomic mass is 19.1. The first-order valence-electron chi connectivity index (χ1n) is 7.34. The van der Waals surface area contributed by atoms with Crippen LogP contribution in [0, 0.1) is 19.7 Å². The largest absolute Gasteiger partial charge is 0.370 e. The molecule has 1 amide bonds. The molecule has 0 aliphatic heterocycles. The van der Waals surface area contributed by atoms with Crippen LogP contribution in [0.4, 0.5) is 4.39 Å². The van der Waals surface area contributed by atoms with Crippen LogP contribution in [0.2, 0.25) is 0 Å². The van der Waals surface area contributed by atoms with Gasteiger partial charge in [0.25, 0.3) is 0 Å². The van der Waals surface area contributed by atoms with Gasteiger partial charge in [-0.25, -0.2) is 4.39 Å². The number of aromatic nitrogens is 3. The Morgan fingerprint density at radius 1 is 1.35 bits per heavy atom. The van der Waals surface area contributed by atoms with Gasteiger partial charge in [-0.3, -0.25) is 14.5 Å². The van der Waals surface area contributed by atoms with Crippen molar-refractivity contribution in [1.82, 2.24) is 14.8 Å². The standard InChI is InChI=1S/C17H17FN4O/c1-10-16(11(2)22(21-10)7-5-15(19)23)14-9-13(18)8-12-4-3-6-20-17(12)14/h3-4,6,8-9H,5,7H2,1-2H3,(H2,19,23). The quantitative estimate of drug-likeness (QED) is 0.805. The van der Waals surface area contributed by atoms with Crippen molar-refractivity contribution in [3.05, 3.63) is 47.7 Å². The van der Waals surface area contributed by atoms with Gasteiger partial charge in [0, 0.05) is 41.4 Å². The third-order valence-electron chi connectivity index (χ3n) is 3.89. The molecule has 2 aromatic heterocycles. The number of hydrogen-bond donors (Lipinski definition) is 1. The first-order chi connectivity index (χ1) is 11.0. The average molecular weight is 312 g/mol. The predicted molar refractivity (Wildman–Crippen MR) is 86.2 cm³/mol. The van der Waals surface area contributed by atoms with Crippen molar-refractivity contribution in [2.45, 2.75) is 26.8 Å². The topological polar surface area (TPSA) is 73.8 Å². The molecule has 5 nitrogen and oxygen atoms in total. The highest BCUT2D eigenvalue weighted by Crippen LogP contribution is 2.33. The van der Waals surface area contributed by atoms with Gasteiger partial charge in [-0.05, 0) is 32.0 Å². The monoisotopic (exact) mass is 312 g/mol. The third-order valence-corrected chi connectivity index (χ3v) is 3.89. The van der Waals surface area contributed by atoms with E-state index in [4.69, 9.17) is 5.73 Å². The van der Waals surface area contributed by atoms with Crippen LogP contribution in [-0.2, 0) is 11.3 Å². The first-order valence-corrected chi connectivity index (χ1v) is 7.34. The van der Waals surface area contributed by atoms with E-state index in [1.165, 1.54) is 12.1 Å². The van der Waals surface area contributed by atoms with Crippen LogP contribution in [0.3, 0.4) is 0 Å². The zero-order valence-electron chi connectivity index (χ0n) is 13.0. The van der Waals surface area contributed by atoms with Gasteiger partial charge >= 0.3 is 0 Å². The van der Waals surface area contributed by atoms with Crippen molar-refractivity contribution in [2.24, 2.45) is 5.73 Å². The van der Waals surface area contributed by atoms with Crippen LogP contribution in [0.15, 0.2) is 30.5 Å². The number of nitrogens with zero attached hydrogens (tertiary/aromatic N) is 3. The smallest absolute Gasteiger partial charge is 0.219 e. The third kappa shape index (κ3) is 2.79. The van der Waals surface area contributed by atoms with Crippen molar-refractivity contribution in [2.75, 3.05) is 0 Å². The van der Waals surface area contributed by atoms with Gasteiger partial charge in [-0.1, -0.05) is 6.07 Å². The lowest BCUT2D eigenvalue weighted by Crippen LogP contribution is -2.15. The number of carbonyl (C=O) groups is 1. The van der Waals surface area contributed by atoms with E-state index in [0.29, 0.717) is 12.1 Å². The molecule has 0 saturated carbocycles. The maximum atomic E-state index is 14.0. The molecule has 0 saturated heterocycles. The van der Waals surface area contributed by atoms with Gasteiger partial charge in [0.15, 0.2) is 0 Å². The second-order valence-electron chi connectivity index (χ2n) is 5.51. The minimum absolute atomic E-state index is 0.212. The summed E-state index contributed by atoms with van der Waals surface area (Å²) in [6.07, 6.45) is 1.90. The van der Waals surface area contributed by atoms with E-state index >= 15 is 0 Å². The molecule has 1 aromatic carbocycles. The van der Waals surface area contributed by atoms with Crippen LogP contribution in [0.5, 0.6) is 0 Å². The van der Waals surface area contributed by atoms with Gasteiger partial charge < -0.3 is 5.73 Å². The Labute approximate surface area is 132 Å². The molecule has 6 heteroatoms. The summed E-state index contributed by atoms with van der Waals surface area (Å²) in [5, 5.41) is 5.20. The van der Waals surface area contributed by atoms with Crippen molar-refractivity contribution >= 4 is 16.8 Å². The van der Waals surface area contributed by atoms with Crippen LogP contribution >= 0.6 is 0 Å². The Kier molecular flexibility index (Phi) is 3.82. The zero-order valence-corrected chi connectivity index (χ0v) is 13.0. The summed E-state index contributed by atoms with van der Waals surface area (Å²) in [5.41, 5.74) is 9.12. The Bertz CT molecular complexity index is 901. The number of amides is 1. The second-order valence-corrected chi connectivity index (χ2v) is 5.51. The molecule has 0 aliphatic rings. The van der Waals surface area contributed by atoms with Crippen molar-refractivity contribution in [3.8, 4) is 11.1 Å². The molecule has 0 unspecified atom stereocenters. The number of carbonyl (C=O) groups excluding carboxylic acids is 1. The SMILES string of the molecule is Cc1nn(CCC(N)=O)c(C)c1-c1cc(F)cc2cccnc12. The Balaban J connectivity index is 2.17. The maximum absolute atomic E-state index is 14.0. The maximum Gasteiger partial charge on any atom is 0.219 e. The number of benzene rings is 1. The summed E-state index contributed by atoms with van der Waals surface area (Å²) >= 11 is 0. The molecule has 3 aromatic rings. The van der Waals surface area contributed by atoms with Crippen molar-refractivity contribution < 1.29 is 9.18 Å². The van der Waals surface area contributed by atoms with Gasteiger partial charge in [-0.15, -0.1) is 0 Å². The zero-order chi connectivity index (χ0) is 16.6. The van der Waals surface area contributed by atoms with E-state index in [2.05, 4.69) is 10.1 Å². The lowest BCUT2D eigenvalue weighted by atomic mass is 10.00. The van der Waals surface area contributed by atoms with Gasteiger partial charge in [0.1, 0.15) is 5.82 Å². The number of aryl methyl sites for hydroxylation is 2. The minimum atomic E-state index is -0.378. The molecule has 0 aliphatic carbocycles. The van der Waals surface area contributed by atoms with Gasteiger partial charge in [-0.2, -0.15) is 5.10 Å². The molecule has 2 N–H and O–H groups in total. The lowest BCUT2D eigenvalue weighted by Gasteiger charge is -2.08. The van der Waals surface area contributed by atoms with Crippen LogP contribution in [0.1, 0.15) is 17.8 Å². The number of halogens is 1. The fourth-order valence-corrected chi connectivity index (χ4v) is 2.87. The molecular weight excluding hydrogens is 295 g/mol. The van der Waals surface area contributed by atoms with E-state index in [-0.39, 0.29) is 18.1 Å². The number of nitrogens with two attached hydrogens (primary N) is 1. The normalized spacial score (nSPS) is 11.1. The van der Waals surface area contributed by atoms with Crippen molar-refractivity contribution in [1.29, 1.82) is 0 Å². The number of primary amides is 1. The van der Waals surface area contributed by atoms with E-state index in [9.17, 15) is 9.18 Å². The summed E-state index contributed by atoms with van der Waals surface area (Å²) in [4.78, 5) is 15.4. The van der Waals surface area contributed by atoms with Crippen molar-refractivity contribution in [3.63, 3.8) is 0 Å². The molecule has 118 valence electrons. The predicted octanol–water partition coefficient (Wildman–Crippen LogP) is 2.73. The molecule has 0 fully saturated rings. The lowest BCUT2D eigenvalue weighted by molar-refractivity contribution is -0.118. The van der Waals surface area contributed by atoms with Crippen LogP contribution < -0.4 is 5.73 Å². The highest BCUT2D eigenvalue weighted by molar-refractivity contribution is 5.94. The fourth-order valence-electron chi connectivity index (χ4n) is 2.87. The first kappa shape index (κ1) is 15.1. The number of rotatable bonds is 4. The molecular formula is C17H17FN4O. The minimum Gasteiger partial charge on any atom is -0.370 e. The molecule has 0 atom stereocenters. The number of fused-ring (bicyclic) bond motifs is 1. The van der Waals surface area contributed by atoms with E-state index < -0.39 is 0 Å². The van der Waals surface area contributed by atoms with Crippen LogP contribution in [-0.4, -0.2) is 20.7 Å². The molecule has 3 rings (SSSR count). The molecule has 23 heavy (non-hydrogen) atoms. The number of pyridine rings is 1. The Morgan fingerprint density at radius 3 is 2.87 bits per heavy atom. The summed E-state index contributed by atoms with van der Waals surface area (Å²) in [7, 11) is 0. The number of hydrogen-bond acceptors (Lipinski definition) is 3. The Morgan fingerprint density at radius 2 is 2.13 bits per heavy atom. The Hall–Kier alpha value is -2.76. The highest BCUT2D eigenvalue weighted by Gasteiger charge is 2.17.